The molecule has 142 valence electrons. The number of nitrogens with zero attached hydrogens (tertiary/aromatic N) is 4. The Kier molecular flexibility index (Phi) is 3.77. The number of hydrazone groups is 1. The van der Waals surface area contributed by atoms with Crippen molar-refractivity contribution in [3.05, 3.63) is 35.2 Å². The molecule has 1 aromatic carbocycles. The lowest BCUT2D eigenvalue weighted by Crippen LogP contribution is -2.43. The highest BCUT2D eigenvalue weighted by Gasteiger charge is 2.62. The molecule has 2 heterocycles. The SMILES string of the molecule is [C-]#[N+]c1ccc(N2C(=O)N3N=C(C(F)(F)F)C[C@]3(C)C2=O)cc1C(F)(F)F. The van der Waals surface area contributed by atoms with Gasteiger partial charge in [-0.1, -0.05) is 6.07 Å². The van der Waals surface area contributed by atoms with Gasteiger partial charge in [0.1, 0.15) is 5.71 Å². The van der Waals surface area contributed by atoms with Crippen LogP contribution in [-0.2, 0) is 11.0 Å². The predicted molar refractivity (Wildman–Crippen MR) is 78.9 cm³/mol. The van der Waals surface area contributed by atoms with Gasteiger partial charge in [-0.3, -0.25) is 4.79 Å². The molecule has 3 rings (SSSR count). The van der Waals surface area contributed by atoms with E-state index in [1.807, 2.05) is 0 Å². The van der Waals surface area contributed by atoms with E-state index < -0.39 is 58.9 Å². The second-order valence-electron chi connectivity index (χ2n) is 6.04. The average molecular weight is 390 g/mol. The summed E-state index contributed by atoms with van der Waals surface area (Å²) in [6.07, 6.45) is -10.7. The predicted octanol–water partition coefficient (Wildman–Crippen LogP) is 4.11. The molecule has 2 aliphatic heterocycles. The molecule has 0 N–H and O–H groups in total. The Morgan fingerprint density at radius 3 is 2.26 bits per heavy atom. The molecule has 0 aliphatic carbocycles. The number of urea groups is 1. The average Bonchev–Trinajstić information content (AvgIpc) is 3.00. The second-order valence-corrected chi connectivity index (χ2v) is 6.04. The fourth-order valence-corrected chi connectivity index (χ4v) is 2.88. The lowest BCUT2D eigenvalue weighted by Gasteiger charge is -2.20. The van der Waals surface area contributed by atoms with Gasteiger partial charge in [0.05, 0.1) is 17.8 Å². The third-order valence-electron chi connectivity index (χ3n) is 4.23. The molecule has 0 saturated carbocycles. The van der Waals surface area contributed by atoms with E-state index in [2.05, 4.69) is 9.95 Å². The Bertz CT molecular complexity index is 930. The van der Waals surface area contributed by atoms with E-state index in [4.69, 9.17) is 6.57 Å². The van der Waals surface area contributed by atoms with E-state index in [0.29, 0.717) is 16.0 Å². The molecule has 2 aliphatic rings. The largest absolute Gasteiger partial charge is 0.431 e. The maximum absolute atomic E-state index is 13.1. The number of anilines is 1. The van der Waals surface area contributed by atoms with E-state index >= 15 is 0 Å². The summed E-state index contributed by atoms with van der Waals surface area (Å²) < 4.78 is 77.8. The van der Waals surface area contributed by atoms with Crippen LogP contribution in [0.3, 0.4) is 0 Å². The van der Waals surface area contributed by atoms with Crippen LogP contribution in [0, 0.1) is 6.57 Å². The van der Waals surface area contributed by atoms with Gasteiger partial charge >= 0.3 is 18.4 Å². The summed E-state index contributed by atoms with van der Waals surface area (Å²) in [5.41, 5.74) is -5.93. The molecular formula is C15H8F6N4O2. The van der Waals surface area contributed by atoms with Gasteiger partial charge in [0.15, 0.2) is 11.2 Å². The van der Waals surface area contributed by atoms with Crippen LogP contribution < -0.4 is 4.90 Å². The number of benzene rings is 1. The molecule has 6 nitrogen and oxygen atoms in total. The summed E-state index contributed by atoms with van der Waals surface area (Å²) in [4.78, 5) is 28.1. The van der Waals surface area contributed by atoms with Gasteiger partial charge in [0.25, 0.3) is 5.91 Å². The second kappa shape index (κ2) is 5.45. The quantitative estimate of drug-likeness (QED) is 0.412. The summed E-state index contributed by atoms with van der Waals surface area (Å²) in [6, 6.07) is 0.856. The van der Waals surface area contributed by atoms with Crippen molar-refractivity contribution in [3.8, 4) is 0 Å². The van der Waals surface area contributed by atoms with Crippen LogP contribution in [0.1, 0.15) is 18.9 Å². The molecule has 0 spiro atoms. The minimum Gasteiger partial charge on any atom is -0.271 e. The standard InChI is InChI=1S/C15H8F6N4O2/c1-13-6-10(15(19,20)21)23-25(13)12(27)24(11(13)26)7-3-4-9(22-2)8(5-7)14(16,17)18/h3-5H,6H2,1H3/t13-/m1/s1. The number of hydrogen-bond donors (Lipinski definition) is 0. The maximum Gasteiger partial charge on any atom is 0.431 e. The fraction of sp³-hybridized carbons (Fsp3) is 0.333. The van der Waals surface area contributed by atoms with Crippen LogP contribution in [-0.4, -0.2) is 34.4 Å². The van der Waals surface area contributed by atoms with E-state index in [1.54, 1.807) is 0 Å². The zero-order valence-electron chi connectivity index (χ0n) is 13.3. The molecule has 0 radical (unpaired) electrons. The molecule has 1 fully saturated rings. The van der Waals surface area contributed by atoms with Gasteiger partial charge in [0.2, 0.25) is 0 Å². The first kappa shape index (κ1) is 18.7. The zero-order chi connectivity index (χ0) is 20.4. The van der Waals surface area contributed by atoms with Crippen molar-refractivity contribution in [1.29, 1.82) is 0 Å². The molecule has 0 aromatic heterocycles. The third-order valence-corrected chi connectivity index (χ3v) is 4.23. The van der Waals surface area contributed by atoms with Crippen molar-refractivity contribution >= 4 is 29.0 Å². The van der Waals surface area contributed by atoms with Crippen molar-refractivity contribution in [2.75, 3.05) is 4.90 Å². The molecule has 27 heavy (non-hydrogen) atoms. The highest BCUT2D eigenvalue weighted by atomic mass is 19.4. The highest BCUT2D eigenvalue weighted by molar-refractivity contribution is 6.25. The van der Waals surface area contributed by atoms with Crippen molar-refractivity contribution in [3.63, 3.8) is 0 Å². The van der Waals surface area contributed by atoms with Crippen molar-refractivity contribution in [2.24, 2.45) is 5.10 Å². The first-order valence-corrected chi connectivity index (χ1v) is 7.23. The van der Waals surface area contributed by atoms with E-state index in [-0.39, 0.29) is 0 Å². The number of carbonyl (C=O) groups excluding carboxylic acids is 2. The Labute approximate surface area is 147 Å². The summed E-state index contributed by atoms with van der Waals surface area (Å²) in [5.74, 6) is -1.14. The van der Waals surface area contributed by atoms with Crippen LogP contribution in [0.2, 0.25) is 0 Å². The molecule has 3 amide bonds. The Hall–Kier alpha value is -3.10. The number of imide groups is 1. The molecule has 1 atom stereocenters. The van der Waals surface area contributed by atoms with Crippen molar-refractivity contribution in [2.45, 2.75) is 31.2 Å². The normalized spacial score (nSPS) is 22.8. The van der Waals surface area contributed by atoms with E-state index in [9.17, 15) is 35.9 Å². The summed E-state index contributed by atoms with van der Waals surface area (Å²) in [6.45, 7) is 7.83. The van der Waals surface area contributed by atoms with E-state index in [1.165, 1.54) is 0 Å². The number of amides is 3. The van der Waals surface area contributed by atoms with Crippen LogP contribution in [0.4, 0.5) is 42.5 Å². The Morgan fingerprint density at radius 2 is 1.78 bits per heavy atom. The number of fused-ring (bicyclic) bond motifs is 1. The van der Waals surface area contributed by atoms with E-state index in [0.717, 1.165) is 19.1 Å². The highest BCUT2D eigenvalue weighted by Crippen LogP contribution is 2.44. The van der Waals surface area contributed by atoms with Crippen LogP contribution >= 0.6 is 0 Å². The summed E-state index contributed by atoms with van der Waals surface area (Å²) >= 11 is 0. The van der Waals surface area contributed by atoms with Gasteiger partial charge in [-0.2, -0.15) is 36.5 Å². The minimum absolute atomic E-state index is 0.328. The number of alkyl halides is 6. The van der Waals surface area contributed by atoms with Gasteiger partial charge in [0, 0.05) is 6.42 Å². The van der Waals surface area contributed by atoms with Crippen LogP contribution in [0.5, 0.6) is 0 Å². The smallest absolute Gasteiger partial charge is 0.271 e. The molecule has 0 bridgehead atoms. The van der Waals surface area contributed by atoms with Gasteiger partial charge in [-0.05, 0) is 19.1 Å². The monoisotopic (exact) mass is 390 g/mol. The Balaban J connectivity index is 2.07. The molecule has 12 heteroatoms. The number of halogens is 6. The summed E-state index contributed by atoms with van der Waals surface area (Å²) in [7, 11) is 0. The fourth-order valence-electron chi connectivity index (χ4n) is 2.88. The first-order valence-electron chi connectivity index (χ1n) is 7.23. The summed E-state index contributed by atoms with van der Waals surface area (Å²) in [5, 5.41) is 3.47. The molecule has 0 unspecified atom stereocenters. The van der Waals surface area contributed by atoms with Crippen LogP contribution in [0.25, 0.3) is 4.85 Å². The number of hydrogen-bond acceptors (Lipinski definition) is 3. The topological polar surface area (TPSA) is 57.3 Å². The number of carbonyl (C=O) groups is 2. The Morgan fingerprint density at radius 1 is 1.15 bits per heavy atom. The van der Waals surface area contributed by atoms with Gasteiger partial charge in [-0.25, -0.2) is 14.5 Å². The van der Waals surface area contributed by atoms with Crippen molar-refractivity contribution in [1.82, 2.24) is 5.01 Å². The molecule has 1 saturated heterocycles. The third kappa shape index (κ3) is 2.70. The van der Waals surface area contributed by atoms with Gasteiger partial charge in [-0.15, -0.1) is 0 Å². The van der Waals surface area contributed by atoms with Gasteiger partial charge < -0.3 is 0 Å². The lowest BCUT2D eigenvalue weighted by molar-refractivity contribution is -0.137. The minimum atomic E-state index is -4.93. The first-order chi connectivity index (χ1) is 12.3. The van der Waals surface area contributed by atoms with Crippen LogP contribution in [0.15, 0.2) is 23.3 Å². The maximum atomic E-state index is 13.1. The lowest BCUT2D eigenvalue weighted by atomic mass is 9.95. The zero-order valence-corrected chi connectivity index (χ0v) is 13.3. The molecular weight excluding hydrogens is 382 g/mol. The van der Waals surface area contributed by atoms with Crippen molar-refractivity contribution < 1.29 is 35.9 Å². The number of rotatable bonds is 1. The molecule has 1 aromatic rings.